The average molecular weight is 279 g/mol. The maximum Gasteiger partial charge on any atom is 0.305 e. The van der Waals surface area contributed by atoms with Crippen molar-refractivity contribution in [2.24, 2.45) is 0 Å². The second-order valence-electron chi connectivity index (χ2n) is 4.34. The lowest BCUT2D eigenvalue weighted by molar-refractivity contribution is -0.140. The number of esters is 1. The molecule has 0 radical (unpaired) electrons. The van der Waals surface area contributed by atoms with Gasteiger partial charge in [0.05, 0.1) is 19.8 Å². The molecule has 1 rings (SSSR count). The number of carbonyl (C=O) groups is 2. The zero-order valence-corrected chi connectivity index (χ0v) is 11.9. The Morgan fingerprint density at radius 1 is 1.20 bits per heavy atom. The van der Waals surface area contributed by atoms with E-state index < -0.39 is 6.04 Å². The summed E-state index contributed by atoms with van der Waals surface area (Å²) in [5, 5.41) is 3.12. The largest absolute Gasteiger partial charge is 0.469 e. The summed E-state index contributed by atoms with van der Waals surface area (Å²) in [6.45, 7) is 1.07. The summed E-state index contributed by atoms with van der Waals surface area (Å²) in [6.07, 6.45) is 0.615. The molecule has 0 aromatic heterocycles. The van der Waals surface area contributed by atoms with Gasteiger partial charge >= 0.3 is 5.97 Å². The molecule has 0 spiro atoms. The van der Waals surface area contributed by atoms with Crippen LogP contribution >= 0.6 is 0 Å². The number of hydrogen-bond donors (Lipinski definition) is 1. The van der Waals surface area contributed by atoms with Crippen LogP contribution in [0.5, 0.6) is 0 Å². The fourth-order valence-corrected chi connectivity index (χ4v) is 1.83. The van der Waals surface area contributed by atoms with Gasteiger partial charge in [0.2, 0.25) is 0 Å². The first-order valence-electron chi connectivity index (χ1n) is 6.57. The minimum atomic E-state index is -0.411. The third kappa shape index (κ3) is 5.50. The van der Waals surface area contributed by atoms with Crippen LogP contribution in [0.3, 0.4) is 0 Å². The molecule has 0 saturated carbocycles. The molecule has 0 aliphatic heterocycles. The third-order valence-electron chi connectivity index (χ3n) is 2.94. The Bertz CT molecular complexity index is 419. The minimum absolute atomic E-state index is 0.0226. The number of benzene rings is 1. The first-order chi connectivity index (χ1) is 9.69. The van der Waals surface area contributed by atoms with Gasteiger partial charge in [0.25, 0.3) is 0 Å². The lowest BCUT2D eigenvalue weighted by Crippen LogP contribution is -2.39. The molecular formula is C15H21NO4. The van der Waals surface area contributed by atoms with E-state index in [1.54, 1.807) is 19.2 Å². The van der Waals surface area contributed by atoms with Crippen molar-refractivity contribution in [2.75, 3.05) is 27.4 Å². The van der Waals surface area contributed by atoms with Gasteiger partial charge in [0.1, 0.15) is 0 Å². The highest BCUT2D eigenvalue weighted by Crippen LogP contribution is 2.08. The fourth-order valence-electron chi connectivity index (χ4n) is 1.83. The average Bonchev–Trinajstić information content (AvgIpc) is 2.50. The zero-order chi connectivity index (χ0) is 14.8. The van der Waals surface area contributed by atoms with E-state index in [4.69, 9.17) is 4.74 Å². The molecule has 0 saturated heterocycles. The molecule has 0 fully saturated rings. The second-order valence-corrected chi connectivity index (χ2v) is 4.34. The van der Waals surface area contributed by atoms with Crippen LogP contribution in [0.15, 0.2) is 30.3 Å². The molecule has 1 atom stereocenters. The lowest BCUT2D eigenvalue weighted by atomic mass is 10.00. The summed E-state index contributed by atoms with van der Waals surface area (Å²) in [5.41, 5.74) is 0.632. The number of hydrogen-bond acceptors (Lipinski definition) is 5. The fraction of sp³-hybridized carbons (Fsp3) is 0.467. The van der Waals surface area contributed by atoms with E-state index in [0.29, 0.717) is 25.1 Å². The van der Waals surface area contributed by atoms with Crippen LogP contribution in [-0.2, 0) is 14.3 Å². The summed E-state index contributed by atoms with van der Waals surface area (Å²) in [4.78, 5) is 23.6. The van der Waals surface area contributed by atoms with Crippen LogP contribution in [0, 0.1) is 0 Å². The molecular weight excluding hydrogens is 258 g/mol. The summed E-state index contributed by atoms with van der Waals surface area (Å²) < 4.78 is 9.57. The molecule has 1 aromatic rings. The van der Waals surface area contributed by atoms with Crippen molar-refractivity contribution >= 4 is 11.8 Å². The van der Waals surface area contributed by atoms with Crippen LogP contribution in [0.1, 0.15) is 23.2 Å². The van der Waals surface area contributed by atoms with Gasteiger partial charge in [-0.15, -0.1) is 0 Å². The van der Waals surface area contributed by atoms with Crippen molar-refractivity contribution in [1.29, 1.82) is 0 Å². The predicted octanol–water partition coefficient (Wildman–Crippen LogP) is 1.43. The number of carbonyl (C=O) groups excluding carboxylic acids is 2. The van der Waals surface area contributed by atoms with Crippen LogP contribution in [0.4, 0.5) is 0 Å². The Kier molecular flexibility index (Phi) is 7.54. The van der Waals surface area contributed by atoms with E-state index in [0.717, 1.165) is 0 Å². The molecule has 0 aliphatic carbocycles. The molecule has 0 aliphatic rings. The number of methoxy groups -OCH3 is 2. The van der Waals surface area contributed by atoms with Crippen LogP contribution in [0.25, 0.3) is 0 Å². The number of Topliss-reactive ketones (excluding diaryl/α,β-unsaturated/α-hetero) is 1. The van der Waals surface area contributed by atoms with Crippen LogP contribution in [-0.4, -0.2) is 45.2 Å². The van der Waals surface area contributed by atoms with Gasteiger partial charge in [0, 0.05) is 25.6 Å². The first-order valence-corrected chi connectivity index (χ1v) is 6.57. The van der Waals surface area contributed by atoms with Crippen molar-refractivity contribution < 1.29 is 19.1 Å². The Balaban J connectivity index is 2.65. The third-order valence-corrected chi connectivity index (χ3v) is 2.94. The van der Waals surface area contributed by atoms with Crippen molar-refractivity contribution in [2.45, 2.75) is 18.9 Å². The molecule has 0 amide bonds. The normalized spacial score (nSPS) is 11.9. The molecule has 5 heteroatoms. The molecule has 20 heavy (non-hydrogen) atoms. The van der Waals surface area contributed by atoms with Gasteiger partial charge in [-0.1, -0.05) is 30.3 Å². The summed E-state index contributed by atoms with van der Waals surface area (Å²) in [5.74, 6) is -0.338. The van der Waals surface area contributed by atoms with E-state index in [1.807, 2.05) is 18.2 Å². The predicted molar refractivity (Wildman–Crippen MR) is 75.7 cm³/mol. The number of rotatable bonds is 9. The maximum absolute atomic E-state index is 12.4. The van der Waals surface area contributed by atoms with E-state index in [9.17, 15) is 9.59 Å². The first kappa shape index (κ1) is 16.3. The molecule has 0 heterocycles. The number of nitrogens with one attached hydrogen (secondary N) is 1. The molecule has 1 unspecified atom stereocenters. The summed E-state index contributed by atoms with van der Waals surface area (Å²) >= 11 is 0. The molecule has 5 nitrogen and oxygen atoms in total. The molecule has 1 N–H and O–H groups in total. The van der Waals surface area contributed by atoms with Gasteiger partial charge < -0.3 is 14.8 Å². The van der Waals surface area contributed by atoms with Crippen LogP contribution in [0.2, 0.25) is 0 Å². The quantitative estimate of drug-likeness (QED) is 0.421. The van der Waals surface area contributed by atoms with E-state index in [1.165, 1.54) is 7.11 Å². The Morgan fingerprint density at radius 2 is 1.90 bits per heavy atom. The van der Waals surface area contributed by atoms with Gasteiger partial charge in [-0.05, 0) is 6.42 Å². The summed E-state index contributed by atoms with van der Waals surface area (Å²) in [7, 11) is 2.94. The molecule has 1 aromatic carbocycles. The molecule has 110 valence electrons. The highest BCUT2D eigenvalue weighted by molar-refractivity contribution is 6.00. The SMILES string of the molecule is COCCNC(CCC(=O)OC)C(=O)c1ccccc1. The van der Waals surface area contributed by atoms with Crippen LogP contribution < -0.4 is 5.32 Å². The van der Waals surface area contributed by atoms with Crippen molar-refractivity contribution in [3.8, 4) is 0 Å². The summed E-state index contributed by atoms with van der Waals surface area (Å²) in [6, 6.07) is 8.63. The standard InChI is InChI=1S/C15H21NO4/c1-19-11-10-16-13(8-9-14(17)20-2)15(18)12-6-4-3-5-7-12/h3-7,13,16H,8-11H2,1-2H3. The Morgan fingerprint density at radius 3 is 2.50 bits per heavy atom. The maximum atomic E-state index is 12.4. The Labute approximate surface area is 119 Å². The Hall–Kier alpha value is -1.72. The van der Waals surface area contributed by atoms with Gasteiger partial charge in [-0.3, -0.25) is 9.59 Å². The van der Waals surface area contributed by atoms with Crippen molar-refractivity contribution in [1.82, 2.24) is 5.32 Å². The van der Waals surface area contributed by atoms with E-state index in [-0.39, 0.29) is 18.2 Å². The zero-order valence-electron chi connectivity index (χ0n) is 11.9. The smallest absolute Gasteiger partial charge is 0.305 e. The topological polar surface area (TPSA) is 64.6 Å². The second kappa shape index (κ2) is 9.23. The highest BCUT2D eigenvalue weighted by Gasteiger charge is 2.20. The minimum Gasteiger partial charge on any atom is -0.469 e. The number of ketones is 1. The number of ether oxygens (including phenoxy) is 2. The van der Waals surface area contributed by atoms with Gasteiger partial charge in [0.15, 0.2) is 5.78 Å². The highest BCUT2D eigenvalue weighted by atomic mass is 16.5. The van der Waals surface area contributed by atoms with Crippen molar-refractivity contribution in [3.63, 3.8) is 0 Å². The van der Waals surface area contributed by atoms with E-state index >= 15 is 0 Å². The monoisotopic (exact) mass is 279 g/mol. The van der Waals surface area contributed by atoms with Gasteiger partial charge in [-0.25, -0.2) is 0 Å². The molecule has 0 bridgehead atoms. The van der Waals surface area contributed by atoms with E-state index in [2.05, 4.69) is 10.1 Å². The van der Waals surface area contributed by atoms with Gasteiger partial charge in [-0.2, -0.15) is 0 Å². The van der Waals surface area contributed by atoms with Crippen molar-refractivity contribution in [3.05, 3.63) is 35.9 Å². The lowest BCUT2D eigenvalue weighted by Gasteiger charge is -2.17.